The number of ether oxygens (including phenoxy) is 5. The fourth-order valence-corrected chi connectivity index (χ4v) is 4.93. The van der Waals surface area contributed by atoms with Crippen LogP contribution in [0, 0.1) is 5.82 Å². The minimum absolute atomic E-state index is 0.0181. The van der Waals surface area contributed by atoms with Gasteiger partial charge in [-0.15, -0.1) is 0 Å². The number of nitrogens with one attached hydrogen (secondary N) is 3. The van der Waals surface area contributed by atoms with Crippen LogP contribution in [0.15, 0.2) is 75.4 Å². The van der Waals surface area contributed by atoms with E-state index in [0.717, 1.165) is 0 Å². The average molecular weight is 702 g/mol. The Bertz CT molecular complexity index is 1630. The first kappa shape index (κ1) is 34.1. The van der Waals surface area contributed by atoms with Gasteiger partial charge in [-0.3, -0.25) is 5.43 Å². The van der Waals surface area contributed by atoms with E-state index in [-0.39, 0.29) is 24.6 Å². The van der Waals surface area contributed by atoms with Gasteiger partial charge in [-0.05, 0) is 65.7 Å². The second-order valence-corrected chi connectivity index (χ2v) is 10.7. The molecule has 12 nitrogen and oxygen atoms in total. The first-order valence-electron chi connectivity index (χ1n) is 14.1. The third kappa shape index (κ3) is 8.46. The summed E-state index contributed by atoms with van der Waals surface area (Å²) in [6.45, 7) is 3.55. The van der Waals surface area contributed by atoms with Gasteiger partial charge >= 0.3 is 12.0 Å². The summed E-state index contributed by atoms with van der Waals surface area (Å²) in [5.74, 6) is 0.538. The Morgan fingerprint density at radius 2 is 1.85 bits per heavy atom. The number of nitrogens with zero attached hydrogens (tertiary/aromatic N) is 1. The monoisotopic (exact) mass is 700 g/mol. The van der Waals surface area contributed by atoms with E-state index < -0.39 is 24.3 Å². The lowest BCUT2D eigenvalue weighted by atomic mass is 9.95. The van der Waals surface area contributed by atoms with E-state index in [0.29, 0.717) is 56.5 Å². The highest BCUT2D eigenvalue weighted by Gasteiger charge is 2.32. The van der Waals surface area contributed by atoms with Crippen molar-refractivity contribution in [1.29, 1.82) is 0 Å². The number of methoxy groups -OCH3 is 2. The van der Waals surface area contributed by atoms with Crippen molar-refractivity contribution in [2.45, 2.75) is 32.7 Å². The van der Waals surface area contributed by atoms with Crippen molar-refractivity contribution < 1.29 is 42.8 Å². The molecule has 0 aliphatic carbocycles. The quantitative estimate of drug-likeness (QED) is 0.0813. The maximum absolute atomic E-state index is 14.0. The molecule has 0 fully saturated rings. The van der Waals surface area contributed by atoms with Crippen LogP contribution in [-0.2, 0) is 16.1 Å². The first-order chi connectivity index (χ1) is 22.1. The van der Waals surface area contributed by atoms with Crippen LogP contribution in [0.5, 0.6) is 23.0 Å². The predicted molar refractivity (Wildman–Crippen MR) is 170 cm³/mol. The van der Waals surface area contributed by atoms with Crippen molar-refractivity contribution in [2.75, 3.05) is 27.4 Å². The third-order valence-electron chi connectivity index (χ3n) is 6.72. The van der Waals surface area contributed by atoms with Crippen LogP contribution in [-0.4, -0.2) is 57.0 Å². The van der Waals surface area contributed by atoms with Gasteiger partial charge in [0.25, 0.3) is 0 Å². The Morgan fingerprint density at radius 1 is 1.09 bits per heavy atom. The summed E-state index contributed by atoms with van der Waals surface area (Å²) < 4.78 is 42.3. The number of allylic oxidation sites excluding steroid dienone is 1. The van der Waals surface area contributed by atoms with Gasteiger partial charge in [0.05, 0.1) is 38.7 Å². The number of halogens is 2. The zero-order valence-electron chi connectivity index (χ0n) is 25.6. The number of amides is 2. The molecule has 3 aromatic rings. The second-order valence-electron chi connectivity index (χ2n) is 9.82. The van der Waals surface area contributed by atoms with Gasteiger partial charge in [0.15, 0.2) is 29.2 Å². The van der Waals surface area contributed by atoms with Crippen LogP contribution in [0.1, 0.15) is 36.6 Å². The molecule has 1 heterocycles. The third-order valence-corrected chi connectivity index (χ3v) is 7.41. The summed E-state index contributed by atoms with van der Waals surface area (Å²) in [4.78, 5) is 24.6. The van der Waals surface area contributed by atoms with E-state index in [1.165, 1.54) is 26.5 Å². The average Bonchev–Trinajstić information content (AvgIpc) is 3.04. The molecule has 0 saturated heterocycles. The molecule has 0 saturated carbocycles. The standard InChI is InChI=1S/C32H34BrFN4O8/c1-5-44-26-12-19(30-29(31(40)43-4)18(2)36-32(41)37-30)10-11-24(26)46-17-28(39)38-35-15-21-13-25(42-3)27(14-22(21)33)45-16-20-8-6-7-9-23(20)34/h6-15,28,30,38-39H,5,16-17H2,1-4H3,(H2,36,37,41)/b35-15-/t28-,30+/m0/s1. The highest BCUT2D eigenvalue weighted by Crippen LogP contribution is 2.35. The van der Waals surface area contributed by atoms with Gasteiger partial charge in [0, 0.05) is 21.3 Å². The normalized spacial score (nSPS) is 15.1. The zero-order valence-corrected chi connectivity index (χ0v) is 27.1. The highest BCUT2D eigenvalue weighted by atomic mass is 79.9. The van der Waals surface area contributed by atoms with Crippen LogP contribution in [0.2, 0.25) is 0 Å². The van der Waals surface area contributed by atoms with Crippen LogP contribution < -0.4 is 35.0 Å². The molecule has 0 radical (unpaired) electrons. The Labute approximate surface area is 273 Å². The van der Waals surface area contributed by atoms with E-state index in [4.69, 9.17) is 23.7 Å². The number of hydrogen-bond acceptors (Lipinski definition) is 10. The van der Waals surface area contributed by atoms with Gasteiger partial charge in [0.1, 0.15) is 19.0 Å². The predicted octanol–water partition coefficient (Wildman–Crippen LogP) is 4.70. The molecule has 0 bridgehead atoms. The van der Waals surface area contributed by atoms with Crippen LogP contribution >= 0.6 is 15.9 Å². The van der Waals surface area contributed by atoms with Gasteiger partial charge < -0.3 is 39.4 Å². The summed E-state index contributed by atoms with van der Waals surface area (Å²) in [5.41, 5.74) is 4.82. The number of hydrogen-bond donors (Lipinski definition) is 4. The summed E-state index contributed by atoms with van der Waals surface area (Å²) >= 11 is 3.47. The number of carbonyl (C=O) groups is 2. The molecule has 244 valence electrons. The highest BCUT2D eigenvalue weighted by molar-refractivity contribution is 9.10. The van der Waals surface area contributed by atoms with Crippen molar-refractivity contribution >= 4 is 34.1 Å². The molecule has 2 atom stereocenters. The fourth-order valence-electron chi connectivity index (χ4n) is 4.51. The molecule has 0 spiro atoms. The number of esters is 1. The second kappa shape index (κ2) is 16.0. The van der Waals surface area contributed by atoms with E-state index >= 15 is 0 Å². The molecule has 46 heavy (non-hydrogen) atoms. The number of carbonyl (C=O) groups excluding carboxylic acids is 2. The molecule has 3 aromatic carbocycles. The molecular formula is C32H34BrFN4O8. The number of aliphatic hydroxyl groups excluding tert-OH is 1. The van der Waals surface area contributed by atoms with E-state index in [1.807, 2.05) is 0 Å². The number of hydrazone groups is 1. The fraction of sp³-hybridized carbons (Fsp3) is 0.281. The largest absolute Gasteiger partial charge is 0.493 e. The number of benzene rings is 3. The van der Waals surface area contributed by atoms with E-state index in [9.17, 15) is 19.1 Å². The number of urea groups is 1. The van der Waals surface area contributed by atoms with Gasteiger partial charge in [-0.25, -0.2) is 14.0 Å². The van der Waals surface area contributed by atoms with Gasteiger partial charge in [-0.2, -0.15) is 5.10 Å². The molecular weight excluding hydrogens is 667 g/mol. The SMILES string of the molecule is CCOc1cc([C@H]2NC(=O)NC(C)=C2C(=O)OC)ccc1OC[C@H](O)N/N=C\c1cc(OC)c(OCc2ccccc2F)cc1Br. The summed E-state index contributed by atoms with van der Waals surface area (Å²) in [5, 5.41) is 19.9. The zero-order chi connectivity index (χ0) is 33.2. The minimum atomic E-state index is -1.20. The van der Waals surface area contributed by atoms with Crippen molar-refractivity contribution in [2.24, 2.45) is 5.10 Å². The van der Waals surface area contributed by atoms with Gasteiger partial charge in [0.2, 0.25) is 0 Å². The summed E-state index contributed by atoms with van der Waals surface area (Å²) in [7, 11) is 2.75. The molecule has 0 unspecified atom stereocenters. The van der Waals surface area contributed by atoms with Crippen LogP contribution in [0.25, 0.3) is 0 Å². The molecule has 1 aliphatic rings. The van der Waals surface area contributed by atoms with Crippen molar-refractivity contribution in [1.82, 2.24) is 16.1 Å². The van der Waals surface area contributed by atoms with Crippen molar-refractivity contribution in [3.05, 3.63) is 92.8 Å². The lowest BCUT2D eigenvalue weighted by molar-refractivity contribution is -0.136. The van der Waals surface area contributed by atoms with Crippen LogP contribution in [0.4, 0.5) is 9.18 Å². The molecule has 4 N–H and O–H groups in total. The maximum Gasteiger partial charge on any atom is 0.337 e. The minimum Gasteiger partial charge on any atom is -0.493 e. The van der Waals surface area contributed by atoms with Gasteiger partial charge in [-0.1, -0.05) is 24.3 Å². The topological polar surface area (TPSA) is 149 Å². The van der Waals surface area contributed by atoms with E-state index in [1.54, 1.807) is 62.4 Å². The lowest BCUT2D eigenvalue weighted by Crippen LogP contribution is -2.45. The first-order valence-corrected chi connectivity index (χ1v) is 14.9. The maximum atomic E-state index is 14.0. The smallest absolute Gasteiger partial charge is 0.337 e. The molecule has 0 aromatic heterocycles. The van der Waals surface area contributed by atoms with Crippen LogP contribution in [0.3, 0.4) is 0 Å². The Balaban J connectivity index is 1.39. The molecule has 1 aliphatic heterocycles. The molecule has 4 rings (SSSR count). The van der Waals surface area contributed by atoms with Crippen molar-refractivity contribution in [3.8, 4) is 23.0 Å². The Kier molecular flexibility index (Phi) is 11.8. The van der Waals surface area contributed by atoms with E-state index in [2.05, 4.69) is 37.1 Å². The number of aliphatic hydroxyl groups is 1. The lowest BCUT2D eigenvalue weighted by Gasteiger charge is -2.28. The summed E-state index contributed by atoms with van der Waals surface area (Å²) in [6, 6.07) is 13.4. The molecule has 2 amide bonds. The Morgan fingerprint density at radius 3 is 2.57 bits per heavy atom. The Hall–Kier alpha value is -4.82. The van der Waals surface area contributed by atoms with Crippen molar-refractivity contribution in [3.63, 3.8) is 0 Å². The summed E-state index contributed by atoms with van der Waals surface area (Å²) in [6.07, 6.45) is 0.271. The number of rotatable bonds is 14. The molecule has 14 heteroatoms.